The molecule has 0 aromatic rings. The van der Waals surface area contributed by atoms with Gasteiger partial charge in [0.2, 0.25) is 0 Å². The summed E-state index contributed by atoms with van der Waals surface area (Å²) in [4.78, 5) is 72.9. The van der Waals surface area contributed by atoms with Gasteiger partial charge in [-0.1, -0.05) is 280 Å². The molecule has 19 heteroatoms. The summed E-state index contributed by atoms with van der Waals surface area (Å²) in [5.74, 6) is -2.23. The van der Waals surface area contributed by atoms with E-state index in [1.54, 1.807) is 0 Å². The molecule has 98 heavy (non-hydrogen) atoms. The van der Waals surface area contributed by atoms with Gasteiger partial charge in [-0.3, -0.25) is 37.3 Å². The van der Waals surface area contributed by atoms with Crippen molar-refractivity contribution in [3.63, 3.8) is 0 Å². The summed E-state index contributed by atoms with van der Waals surface area (Å²) in [5.41, 5.74) is 0. The van der Waals surface area contributed by atoms with Crippen LogP contribution in [0.1, 0.15) is 336 Å². The zero-order valence-corrected chi connectivity index (χ0v) is 63.7. The van der Waals surface area contributed by atoms with Crippen molar-refractivity contribution in [1.82, 2.24) is 0 Å². The number of hydrogen-bond donors (Lipinski definition) is 3. The van der Waals surface area contributed by atoms with Crippen LogP contribution in [0.5, 0.6) is 0 Å². The summed E-state index contributed by atoms with van der Waals surface area (Å²) in [6.07, 6.45) is 72.9. The number of aliphatic hydroxyl groups excluding tert-OH is 1. The lowest BCUT2D eigenvalue weighted by atomic mass is 10.0. The number of carbonyl (C=O) groups is 4. The van der Waals surface area contributed by atoms with Crippen LogP contribution in [-0.4, -0.2) is 96.7 Å². The predicted molar refractivity (Wildman–Crippen MR) is 399 cm³/mol. The van der Waals surface area contributed by atoms with E-state index in [1.807, 2.05) is 0 Å². The number of ether oxygens (including phenoxy) is 4. The highest BCUT2D eigenvalue weighted by molar-refractivity contribution is 7.47. The van der Waals surface area contributed by atoms with Crippen LogP contribution in [0.3, 0.4) is 0 Å². The topological polar surface area (TPSA) is 237 Å². The molecule has 0 spiro atoms. The van der Waals surface area contributed by atoms with Gasteiger partial charge in [0.05, 0.1) is 26.4 Å². The lowest BCUT2D eigenvalue weighted by Gasteiger charge is -2.21. The van der Waals surface area contributed by atoms with Crippen molar-refractivity contribution in [1.29, 1.82) is 0 Å². The third kappa shape index (κ3) is 70.7. The van der Waals surface area contributed by atoms with Crippen LogP contribution in [-0.2, 0) is 65.4 Å². The maximum atomic E-state index is 13.1. The molecule has 17 nitrogen and oxygen atoms in total. The van der Waals surface area contributed by atoms with Crippen molar-refractivity contribution in [3.8, 4) is 0 Å². The summed E-state index contributed by atoms with van der Waals surface area (Å²) >= 11 is 0. The maximum Gasteiger partial charge on any atom is 0.472 e. The second-order valence-electron chi connectivity index (χ2n) is 25.9. The average molecular weight is 1420 g/mol. The Morgan fingerprint density at radius 2 is 0.551 bits per heavy atom. The number of phosphoric acid groups is 2. The number of hydrogen-bond acceptors (Lipinski definition) is 15. The molecule has 0 heterocycles. The van der Waals surface area contributed by atoms with Crippen molar-refractivity contribution < 1.29 is 80.2 Å². The Kier molecular flexibility index (Phi) is 68.9. The fourth-order valence-electron chi connectivity index (χ4n) is 10.4. The molecule has 0 bridgehead atoms. The first-order valence-corrected chi connectivity index (χ1v) is 41.8. The lowest BCUT2D eigenvalue weighted by Crippen LogP contribution is -2.30. The van der Waals surface area contributed by atoms with Crippen molar-refractivity contribution >= 4 is 39.5 Å². The zero-order chi connectivity index (χ0) is 71.8. The minimum absolute atomic E-state index is 0.0781. The fourth-order valence-corrected chi connectivity index (χ4v) is 12.0. The van der Waals surface area contributed by atoms with Crippen LogP contribution in [0, 0.1) is 0 Å². The summed E-state index contributed by atoms with van der Waals surface area (Å²) in [5, 5.41) is 10.6. The van der Waals surface area contributed by atoms with Gasteiger partial charge in [0.15, 0.2) is 12.2 Å². The Morgan fingerprint density at radius 3 is 0.888 bits per heavy atom. The third-order valence-electron chi connectivity index (χ3n) is 16.3. The molecule has 3 N–H and O–H groups in total. The molecule has 0 aliphatic heterocycles. The largest absolute Gasteiger partial charge is 0.472 e. The Morgan fingerprint density at radius 1 is 0.296 bits per heavy atom. The summed E-state index contributed by atoms with van der Waals surface area (Å²) in [6.45, 7) is 4.66. The Bertz CT molecular complexity index is 2190. The number of allylic oxidation sites excluding steroid dienone is 14. The van der Waals surface area contributed by atoms with Gasteiger partial charge in [0, 0.05) is 25.7 Å². The minimum Gasteiger partial charge on any atom is -0.462 e. The molecule has 0 aliphatic carbocycles. The van der Waals surface area contributed by atoms with Crippen molar-refractivity contribution in [3.05, 3.63) is 85.1 Å². The van der Waals surface area contributed by atoms with E-state index in [0.717, 1.165) is 154 Å². The number of esters is 4. The average Bonchev–Trinajstić information content (AvgIpc) is 1.04. The Balaban J connectivity index is 5.37. The first kappa shape index (κ1) is 94.2. The first-order valence-electron chi connectivity index (χ1n) is 38.8. The predicted octanol–water partition coefficient (Wildman–Crippen LogP) is 22.2. The van der Waals surface area contributed by atoms with E-state index in [1.165, 1.54) is 103 Å². The van der Waals surface area contributed by atoms with Gasteiger partial charge < -0.3 is 33.8 Å². The van der Waals surface area contributed by atoms with Crippen LogP contribution in [0.4, 0.5) is 0 Å². The third-order valence-corrected chi connectivity index (χ3v) is 18.2. The molecule has 568 valence electrons. The second kappa shape index (κ2) is 71.6. The molecule has 0 aliphatic rings. The fraction of sp³-hybridized carbons (Fsp3) is 0.772. The van der Waals surface area contributed by atoms with Gasteiger partial charge in [-0.25, -0.2) is 9.13 Å². The molecule has 0 fully saturated rings. The van der Waals surface area contributed by atoms with Crippen molar-refractivity contribution in [2.45, 2.75) is 354 Å². The van der Waals surface area contributed by atoms with Crippen LogP contribution in [0.2, 0.25) is 0 Å². The molecule has 0 saturated heterocycles. The molecule has 0 radical (unpaired) electrons. The van der Waals surface area contributed by atoms with E-state index < -0.39 is 97.5 Å². The molecule has 5 unspecified atom stereocenters. The summed E-state index contributed by atoms with van der Waals surface area (Å²) < 4.78 is 68.5. The molecule has 0 aromatic heterocycles. The monoisotopic (exact) mass is 1420 g/mol. The Labute approximate surface area is 595 Å². The van der Waals surface area contributed by atoms with Gasteiger partial charge in [0.1, 0.15) is 19.3 Å². The molecular formula is C79H140O17P2. The second-order valence-corrected chi connectivity index (χ2v) is 28.8. The molecule has 0 aromatic carbocycles. The van der Waals surface area contributed by atoms with Gasteiger partial charge in [-0.05, 0) is 116 Å². The van der Waals surface area contributed by atoms with Gasteiger partial charge in [-0.2, -0.15) is 0 Å². The van der Waals surface area contributed by atoms with E-state index in [2.05, 4.69) is 113 Å². The van der Waals surface area contributed by atoms with Crippen molar-refractivity contribution in [2.75, 3.05) is 39.6 Å². The van der Waals surface area contributed by atoms with Crippen LogP contribution in [0.15, 0.2) is 85.1 Å². The minimum atomic E-state index is -4.98. The number of rotatable bonds is 73. The highest BCUT2D eigenvalue weighted by atomic mass is 31.2. The molecule has 0 rings (SSSR count). The van der Waals surface area contributed by atoms with E-state index in [4.69, 9.17) is 37.0 Å². The van der Waals surface area contributed by atoms with Gasteiger partial charge in [-0.15, -0.1) is 0 Å². The van der Waals surface area contributed by atoms with Gasteiger partial charge >= 0.3 is 39.5 Å². The van der Waals surface area contributed by atoms with E-state index in [0.29, 0.717) is 25.7 Å². The van der Waals surface area contributed by atoms with Crippen LogP contribution >= 0.6 is 15.6 Å². The number of aliphatic hydroxyl groups is 1. The molecule has 0 saturated carbocycles. The van der Waals surface area contributed by atoms with Gasteiger partial charge in [0.25, 0.3) is 0 Å². The first-order chi connectivity index (χ1) is 47.7. The molecule has 5 atom stereocenters. The summed E-state index contributed by atoms with van der Waals surface area (Å²) in [6, 6.07) is 0. The molecular weight excluding hydrogens is 1280 g/mol. The SMILES string of the molecule is CC/C=C\C/C=C\C/C=C\C/C=C\CCCCC(=O)OCC(COP(=O)(O)OCC(O)COP(=O)(O)OCC(COC(=O)CCCCCCC/C=C\CCCCCCCC)OC(=O)CCCCCCC/C=C\C/C=C\CCC)OC(=O)CCCCCCCCCCCCCCCCC. The van der Waals surface area contributed by atoms with E-state index >= 15 is 0 Å². The van der Waals surface area contributed by atoms with Crippen LogP contribution < -0.4 is 0 Å². The lowest BCUT2D eigenvalue weighted by molar-refractivity contribution is -0.161. The highest BCUT2D eigenvalue weighted by Gasteiger charge is 2.30. The zero-order valence-electron chi connectivity index (χ0n) is 62.0. The normalized spacial score (nSPS) is 14.4. The van der Waals surface area contributed by atoms with E-state index in [9.17, 15) is 43.2 Å². The number of phosphoric ester groups is 2. The van der Waals surface area contributed by atoms with Crippen molar-refractivity contribution in [2.24, 2.45) is 0 Å². The standard InChI is InChI=1S/C79H140O17P2/c1-5-9-13-17-21-25-29-33-36-40-43-47-51-55-59-63-76(81)89-69-74(95-78(83)65-61-57-53-49-45-39-32-28-24-20-16-12-8-4)71-93-97(85,86)91-67-73(80)68-92-98(87,88)94-72-75(96-79(84)66-62-58-54-50-46-42-38-35-31-27-23-19-15-11-7-3)70-90-77(82)64-60-56-52-48-44-41-37-34-30-26-22-18-14-10-6-2/h10,14,16,20,22,26,28,32-34,36-37,44,48,73-75,80H,5-9,11-13,15,17-19,21,23-25,27,29-31,35,38-43,45-47,49-72H2,1-4H3,(H,85,86)(H,87,88)/b14-10-,20-16-,26-22-,32-28-,36-33-,37-34-,48-44-. The summed E-state index contributed by atoms with van der Waals surface area (Å²) in [7, 11) is -9.96. The molecule has 0 amide bonds. The maximum absolute atomic E-state index is 13.1. The highest BCUT2D eigenvalue weighted by Crippen LogP contribution is 2.45. The quantitative estimate of drug-likeness (QED) is 0.0169. The smallest absolute Gasteiger partial charge is 0.462 e. The Hall–Kier alpha value is -3.76. The number of unbranched alkanes of at least 4 members (excludes halogenated alkanes) is 33. The van der Waals surface area contributed by atoms with Crippen LogP contribution in [0.25, 0.3) is 0 Å². The van der Waals surface area contributed by atoms with E-state index in [-0.39, 0.29) is 25.7 Å². The number of carbonyl (C=O) groups excluding carboxylic acids is 4.